The fourth-order valence-corrected chi connectivity index (χ4v) is 7.69. The normalized spacial score (nSPS) is 11.9. The molecule has 0 saturated carbocycles. The van der Waals surface area contributed by atoms with E-state index >= 15 is 0 Å². The third kappa shape index (κ3) is 45.3. The molecule has 0 N–H and O–H groups in total. The van der Waals surface area contributed by atoms with Crippen LogP contribution < -0.4 is 0 Å². The lowest BCUT2D eigenvalue weighted by atomic mass is 10.0. The number of esters is 3. The maximum absolute atomic E-state index is 12.7. The van der Waals surface area contributed by atoms with E-state index in [-0.39, 0.29) is 31.1 Å². The third-order valence-electron chi connectivity index (χ3n) is 11.5. The third-order valence-corrected chi connectivity index (χ3v) is 11.5. The zero-order chi connectivity index (χ0) is 41.7. The molecule has 6 nitrogen and oxygen atoms in total. The first-order chi connectivity index (χ1) is 27.9. The van der Waals surface area contributed by atoms with Crippen molar-refractivity contribution >= 4 is 17.9 Å². The minimum atomic E-state index is -0.760. The second-order valence-corrected chi connectivity index (χ2v) is 17.9. The van der Waals surface area contributed by atoms with Gasteiger partial charge in [-0.15, -0.1) is 0 Å². The summed E-state index contributed by atoms with van der Waals surface area (Å²) in [7, 11) is 0. The van der Waals surface area contributed by atoms with Crippen LogP contribution in [0.4, 0.5) is 0 Å². The molecule has 0 aliphatic rings. The molecule has 0 heterocycles. The van der Waals surface area contributed by atoms with Gasteiger partial charge in [-0.1, -0.05) is 246 Å². The summed E-state index contributed by atoms with van der Waals surface area (Å²) in [6.07, 6.45) is 46.6. The molecular weight excluding hydrogens is 709 g/mol. The Labute approximate surface area is 355 Å². The lowest BCUT2D eigenvalue weighted by molar-refractivity contribution is -0.167. The monoisotopic (exact) mass is 807 g/mol. The summed E-state index contributed by atoms with van der Waals surface area (Å²) >= 11 is 0. The van der Waals surface area contributed by atoms with Crippen molar-refractivity contribution in [2.45, 2.75) is 291 Å². The van der Waals surface area contributed by atoms with E-state index in [1.54, 1.807) is 0 Å². The molecule has 1 atom stereocenters. The van der Waals surface area contributed by atoms with E-state index in [1.165, 1.54) is 180 Å². The molecule has 0 unspecified atom stereocenters. The summed E-state index contributed by atoms with van der Waals surface area (Å²) in [5, 5.41) is 0. The summed E-state index contributed by atoms with van der Waals surface area (Å²) in [6, 6.07) is 0. The van der Waals surface area contributed by atoms with E-state index in [0.717, 1.165) is 63.7 Å². The van der Waals surface area contributed by atoms with E-state index in [0.29, 0.717) is 19.3 Å². The molecule has 0 radical (unpaired) electrons. The number of ether oxygens (including phenoxy) is 3. The van der Waals surface area contributed by atoms with Gasteiger partial charge in [0.1, 0.15) is 13.2 Å². The second-order valence-electron chi connectivity index (χ2n) is 17.9. The molecule has 0 aromatic rings. The van der Waals surface area contributed by atoms with Crippen molar-refractivity contribution in [2.75, 3.05) is 13.2 Å². The van der Waals surface area contributed by atoms with Crippen LogP contribution in [0.3, 0.4) is 0 Å². The Morgan fingerprint density at radius 1 is 0.333 bits per heavy atom. The van der Waals surface area contributed by atoms with Crippen molar-refractivity contribution < 1.29 is 28.6 Å². The standard InChI is InChI=1S/C51H98O6/c1-5-7-9-11-13-15-17-18-19-20-21-22-24-25-30-34-38-42-49(52)55-45-48(57-51(54)44-40-36-32-26-23-16-14-12-10-8-6-2)46-56-50(53)43-39-35-31-28-27-29-33-37-41-47(3)4/h47-48H,5-46H2,1-4H3/t48-/m0/s1. The summed E-state index contributed by atoms with van der Waals surface area (Å²) in [4.78, 5) is 37.8. The molecular formula is C51H98O6. The van der Waals surface area contributed by atoms with Gasteiger partial charge in [-0.3, -0.25) is 14.4 Å². The molecule has 6 heteroatoms. The van der Waals surface area contributed by atoms with Crippen molar-refractivity contribution in [3.8, 4) is 0 Å². The van der Waals surface area contributed by atoms with Gasteiger partial charge in [0, 0.05) is 19.3 Å². The minimum Gasteiger partial charge on any atom is -0.462 e. The zero-order valence-electron chi connectivity index (χ0n) is 38.8. The van der Waals surface area contributed by atoms with E-state index < -0.39 is 6.10 Å². The Kier molecular flexibility index (Phi) is 44.2. The fourth-order valence-electron chi connectivity index (χ4n) is 7.69. The molecule has 0 aromatic heterocycles. The SMILES string of the molecule is CCCCCCCCCCCCCCCCCCCC(=O)OC[C@@H](COC(=O)CCCCCCCCCCC(C)C)OC(=O)CCCCCCCCCCCCC. The highest BCUT2D eigenvalue weighted by molar-refractivity contribution is 5.71. The maximum Gasteiger partial charge on any atom is 0.306 e. The molecule has 57 heavy (non-hydrogen) atoms. The van der Waals surface area contributed by atoms with Gasteiger partial charge >= 0.3 is 17.9 Å². The first-order valence-corrected chi connectivity index (χ1v) is 25.4. The van der Waals surface area contributed by atoms with E-state index in [9.17, 15) is 14.4 Å². The molecule has 0 amide bonds. The van der Waals surface area contributed by atoms with Crippen LogP contribution in [0.15, 0.2) is 0 Å². The van der Waals surface area contributed by atoms with Crippen LogP contribution in [0.5, 0.6) is 0 Å². The van der Waals surface area contributed by atoms with Crippen LogP contribution in [0.2, 0.25) is 0 Å². The predicted molar refractivity (Wildman–Crippen MR) is 243 cm³/mol. The fraction of sp³-hybridized carbons (Fsp3) is 0.941. The average Bonchev–Trinajstić information content (AvgIpc) is 3.19. The van der Waals surface area contributed by atoms with Gasteiger partial charge in [-0.25, -0.2) is 0 Å². The van der Waals surface area contributed by atoms with Crippen molar-refractivity contribution in [1.82, 2.24) is 0 Å². The Hall–Kier alpha value is -1.59. The Bertz CT molecular complexity index is 857. The number of unbranched alkanes of at least 4 members (excludes halogenated alkanes) is 33. The van der Waals surface area contributed by atoms with Crippen LogP contribution in [0.25, 0.3) is 0 Å². The van der Waals surface area contributed by atoms with Crippen molar-refractivity contribution in [3.63, 3.8) is 0 Å². The van der Waals surface area contributed by atoms with Crippen molar-refractivity contribution in [1.29, 1.82) is 0 Å². The van der Waals surface area contributed by atoms with Gasteiger partial charge in [-0.2, -0.15) is 0 Å². The summed E-state index contributed by atoms with van der Waals surface area (Å²) < 4.78 is 16.8. The topological polar surface area (TPSA) is 78.9 Å². The number of carbonyl (C=O) groups is 3. The molecule has 0 aliphatic carbocycles. The van der Waals surface area contributed by atoms with E-state index in [2.05, 4.69) is 27.7 Å². The Balaban J connectivity index is 4.26. The van der Waals surface area contributed by atoms with Gasteiger partial charge in [-0.05, 0) is 25.2 Å². The largest absolute Gasteiger partial charge is 0.462 e. The summed E-state index contributed by atoms with van der Waals surface area (Å²) in [5.41, 5.74) is 0. The highest BCUT2D eigenvalue weighted by atomic mass is 16.6. The molecule has 0 spiro atoms. The lowest BCUT2D eigenvalue weighted by Gasteiger charge is -2.18. The smallest absolute Gasteiger partial charge is 0.306 e. The van der Waals surface area contributed by atoms with Crippen molar-refractivity contribution in [2.24, 2.45) is 5.92 Å². The van der Waals surface area contributed by atoms with Crippen LogP contribution in [0.1, 0.15) is 285 Å². The number of carbonyl (C=O) groups excluding carboxylic acids is 3. The van der Waals surface area contributed by atoms with Gasteiger partial charge < -0.3 is 14.2 Å². The highest BCUT2D eigenvalue weighted by Gasteiger charge is 2.19. The van der Waals surface area contributed by atoms with Gasteiger partial charge in [0.05, 0.1) is 0 Å². The molecule has 0 bridgehead atoms. The van der Waals surface area contributed by atoms with Crippen LogP contribution in [-0.4, -0.2) is 37.2 Å². The molecule has 0 fully saturated rings. The molecule has 0 aliphatic heterocycles. The van der Waals surface area contributed by atoms with Crippen molar-refractivity contribution in [3.05, 3.63) is 0 Å². The summed E-state index contributed by atoms with van der Waals surface area (Å²) in [6.45, 7) is 8.98. The number of hydrogen-bond acceptors (Lipinski definition) is 6. The molecule has 338 valence electrons. The quantitative estimate of drug-likeness (QED) is 0.0346. The summed E-state index contributed by atoms with van der Waals surface area (Å²) in [5.74, 6) is -0.0522. The number of hydrogen-bond donors (Lipinski definition) is 0. The molecule has 0 aromatic carbocycles. The maximum atomic E-state index is 12.7. The van der Waals surface area contributed by atoms with E-state index in [1.807, 2.05) is 0 Å². The average molecular weight is 807 g/mol. The molecule has 0 saturated heterocycles. The van der Waals surface area contributed by atoms with Gasteiger partial charge in [0.15, 0.2) is 6.10 Å². The zero-order valence-corrected chi connectivity index (χ0v) is 38.8. The van der Waals surface area contributed by atoms with Crippen LogP contribution in [-0.2, 0) is 28.6 Å². The first-order valence-electron chi connectivity index (χ1n) is 25.4. The van der Waals surface area contributed by atoms with Crippen LogP contribution in [0, 0.1) is 5.92 Å². The minimum absolute atomic E-state index is 0.0633. The first kappa shape index (κ1) is 55.4. The lowest BCUT2D eigenvalue weighted by Crippen LogP contribution is -2.30. The Morgan fingerprint density at radius 3 is 0.860 bits per heavy atom. The van der Waals surface area contributed by atoms with E-state index in [4.69, 9.17) is 14.2 Å². The van der Waals surface area contributed by atoms with Crippen LogP contribution >= 0.6 is 0 Å². The van der Waals surface area contributed by atoms with Gasteiger partial charge in [0.2, 0.25) is 0 Å². The second kappa shape index (κ2) is 45.5. The van der Waals surface area contributed by atoms with Gasteiger partial charge in [0.25, 0.3) is 0 Å². The molecule has 0 rings (SSSR count). The highest BCUT2D eigenvalue weighted by Crippen LogP contribution is 2.17. The number of rotatable bonds is 46. The Morgan fingerprint density at radius 2 is 0.579 bits per heavy atom. The predicted octanol–water partition coefficient (Wildman–Crippen LogP) is 16.3.